The standard InChI is InChI=1S/C23H22FNO4S/c1-4-25(20-11-9-17(10-12-20)18-6-5-7-19(24)14-18)30(27,28)21-13-8-16(2)22(15-21)23(26)29-3/h5-15H,4H2,1-3H3. The Bertz CT molecular complexity index is 1170. The van der Waals surface area contributed by atoms with Gasteiger partial charge in [-0.05, 0) is 66.9 Å². The molecule has 0 amide bonds. The average molecular weight is 427 g/mol. The van der Waals surface area contributed by atoms with Crippen molar-refractivity contribution in [3.8, 4) is 11.1 Å². The van der Waals surface area contributed by atoms with Crippen LogP contribution in [-0.4, -0.2) is 28.0 Å². The van der Waals surface area contributed by atoms with Crippen molar-refractivity contribution in [2.45, 2.75) is 18.7 Å². The van der Waals surface area contributed by atoms with Gasteiger partial charge in [-0.1, -0.05) is 30.3 Å². The fourth-order valence-corrected chi connectivity index (χ4v) is 4.70. The maximum atomic E-state index is 13.5. The van der Waals surface area contributed by atoms with Crippen molar-refractivity contribution in [2.75, 3.05) is 18.0 Å². The summed E-state index contributed by atoms with van der Waals surface area (Å²) in [7, 11) is -2.65. The number of methoxy groups -OCH3 is 1. The zero-order chi connectivity index (χ0) is 21.9. The molecular weight excluding hydrogens is 405 g/mol. The van der Waals surface area contributed by atoms with E-state index in [-0.39, 0.29) is 22.8 Å². The van der Waals surface area contributed by atoms with Gasteiger partial charge < -0.3 is 4.74 Å². The SMILES string of the molecule is CCN(c1ccc(-c2cccc(F)c2)cc1)S(=O)(=O)c1ccc(C)c(C(=O)OC)c1. The number of carbonyl (C=O) groups is 1. The van der Waals surface area contributed by atoms with E-state index in [4.69, 9.17) is 4.74 Å². The zero-order valence-electron chi connectivity index (χ0n) is 16.9. The Hall–Kier alpha value is -3.19. The second-order valence-corrected chi connectivity index (χ2v) is 8.56. The summed E-state index contributed by atoms with van der Waals surface area (Å²) < 4.78 is 46.0. The Balaban J connectivity index is 1.98. The second-order valence-electron chi connectivity index (χ2n) is 6.70. The maximum absolute atomic E-state index is 13.5. The summed E-state index contributed by atoms with van der Waals surface area (Å²) in [6.07, 6.45) is 0. The number of rotatable bonds is 6. The van der Waals surface area contributed by atoms with Gasteiger partial charge in [-0.25, -0.2) is 17.6 Å². The third-order valence-electron chi connectivity index (χ3n) is 4.80. The quantitative estimate of drug-likeness (QED) is 0.530. The summed E-state index contributed by atoms with van der Waals surface area (Å²) in [6.45, 7) is 3.64. The molecular formula is C23H22FNO4S. The van der Waals surface area contributed by atoms with Gasteiger partial charge in [0.05, 0.1) is 23.3 Å². The van der Waals surface area contributed by atoms with E-state index < -0.39 is 16.0 Å². The van der Waals surface area contributed by atoms with Crippen LogP contribution in [0.2, 0.25) is 0 Å². The number of ether oxygens (including phenoxy) is 1. The minimum Gasteiger partial charge on any atom is -0.465 e. The first-order valence-electron chi connectivity index (χ1n) is 9.35. The predicted molar refractivity (Wildman–Crippen MR) is 115 cm³/mol. The molecule has 7 heteroatoms. The van der Waals surface area contributed by atoms with E-state index in [1.54, 1.807) is 56.3 Å². The molecule has 0 fully saturated rings. The highest BCUT2D eigenvalue weighted by Crippen LogP contribution is 2.28. The van der Waals surface area contributed by atoms with Gasteiger partial charge in [0.15, 0.2) is 0 Å². The minimum absolute atomic E-state index is 0.00422. The summed E-state index contributed by atoms with van der Waals surface area (Å²) in [5.74, 6) is -0.929. The van der Waals surface area contributed by atoms with Crippen LogP contribution in [0.4, 0.5) is 10.1 Å². The fraction of sp³-hybridized carbons (Fsp3) is 0.174. The van der Waals surface area contributed by atoms with Gasteiger partial charge in [-0.3, -0.25) is 4.31 Å². The van der Waals surface area contributed by atoms with Crippen molar-refractivity contribution in [1.29, 1.82) is 0 Å². The van der Waals surface area contributed by atoms with Crippen molar-refractivity contribution >= 4 is 21.7 Å². The van der Waals surface area contributed by atoms with Crippen molar-refractivity contribution in [3.63, 3.8) is 0 Å². The lowest BCUT2D eigenvalue weighted by Gasteiger charge is -2.23. The van der Waals surface area contributed by atoms with Gasteiger partial charge in [0, 0.05) is 6.54 Å². The first-order chi connectivity index (χ1) is 14.3. The molecule has 0 atom stereocenters. The Morgan fingerprint density at radius 2 is 1.70 bits per heavy atom. The number of anilines is 1. The Morgan fingerprint density at radius 1 is 1.00 bits per heavy atom. The number of halogens is 1. The van der Waals surface area contributed by atoms with E-state index in [1.165, 1.54) is 35.7 Å². The van der Waals surface area contributed by atoms with E-state index in [0.717, 1.165) is 5.56 Å². The Labute approximate surface area is 175 Å². The van der Waals surface area contributed by atoms with Crippen molar-refractivity contribution < 1.29 is 22.3 Å². The summed E-state index contributed by atoms with van der Waals surface area (Å²) >= 11 is 0. The van der Waals surface area contributed by atoms with Crippen LogP contribution in [0.15, 0.2) is 71.6 Å². The third-order valence-corrected chi connectivity index (χ3v) is 6.70. The molecule has 30 heavy (non-hydrogen) atoms. The molecule has 0 radical (unpaired) electrons. The number of hydrogen-bond acceptors (Lipinski definition) is 4. The largest absolute Gasteiger partial charge is 0.465 e. The molecule has 3 aromatic rings. The molecule has 3 rings (SSSR count). The normalized spacial score (nSPS) is 11.2. The molecule has 3 aromatic carbocycles. The highest BCUT2D eigenvalue weighted by molar-refractivity contribution is 7.92. The zero-order valence-corrected chi connectivity index (χ0v) is 17.7. The molecule has 5 nitrogen and oxygen atoms in total. The molecule has 0 aliphatic rings. The molecule has 0 spiro atoms. The Morgan fingerprint density at radius 3 is 2.30 bits per heavy atom. The van der Waals surface area contributed by atoms with Gasteiger partial charge in [0.2, 0.25) is 0 Å². The van der Waals surface area contributed by atoms with Crippen LogP contribution in [0, 0.1) is 12.7 Å². The van der Waals surface area contributed by atoms with Gasteiger partial charge in [-0.2, -0.15) is 0 Å². The second kappa shape index (κ2) is 8.67. The van der Waals surface area contributed by atoms with Gasteiger partial charge in [0.25, 0.3) is 10.0 Å². The van der Waals surface area contributed by atoms with E-state index in [2.05, 4.69) is 0 Å². The predicted octanol–water partition coefficient (Wildman–Crippen LogP) is 4.80. The van der Waals surface area contributed by atoms with E-state index in [9.17, 15) is 17.6 Å². The molecule has 0 heterocycles. The minimum atomic E-state index is -3.90. The van der Waals surface area contributed by atoms with Gasteiger partial charge in [0.1, 0.15) is 5.82 Å². The number of hydrogen-bond donors (Lipinski definition) is 0. The van der Waals surface area contributed by atoms with Crippen molar-refractivity contribution in [1.82, 2.24) is 0 Å². The lowest BCUT2D eigenvalue weighted by Crippen LogP contribution is -2.31. The smallest absolute Gasteiger partial charge is 0.338 e. The van der Waals surface area contributed by atoms with Crippen LogP contribution in [0.5, 0.6) is 0 Å². The van der Waals surface area contributed by atoms with Crippen LogP contribution in [0.3, 0.4) is 0 Å². The molecule has 0 saturated heterocycles. The molecule has 0 aliphatic carbocycles. The molecule has 0 bridgehead atoms. The topological polar surface area (TPSA) is 63.7 Å². The number of nitrogens with zero attached hydrogens (tertiary/aromatic N) is 1. The molecule has 0 unspecified atom stereocenters. The fourth-order valence-electron chi connectivity index (χ4n) is 3.20. The van der Waals surface area contributed by atoms with Crippen LogP contribution >= 0.6 is 0 Å². The van der Waals surface area contributed by atoms with E-state index in [1.807, 2.05) is 0 Å². The molecule has 156 valence electrons. The Kier molecular flexibility index (Phi) is 6.22. The van der Waals surface area contributed by atoms with Gasteiger partial charge in [-0.15, -0.1) is 0 Å². The van der Waals surface area contributed by atoms with Crippen molar-refractivity contribution in [2.24, 2.45) is 0 Å². The lowest BCUT2D eigenvalue weighted by molar-refractivity contribution is 0.0599. The molecule has 0 saturated carbocycles. The highest BCUT2D eigenvalue weighted by atomic mass is 32.2. The van der Waals surface area contributed by atoms with Crippen LogP contribution in [0.1, 0.15) is 22.8 Å². The summed E-state index contributed by atoms with van der Waals surface area (Å²) in [6, 6.07) is 17.4. The summed E-state index contributed by atoms with van der Waals surface area (Å²) in [5.41, 5.74) is 2.78. The van der Waals surface area contributed by atoms with Crippen LogP contribution < -0.4 is 4.31 Å². The van der Waals surface area contributed by atoms with Crippen molar-refractivity contribution in [3.05, 3.63) is 83.7 Å². The number of sulfonamides is 1. The summed E-state index contributed by atoms with van der Waals surface area (Å²) in [5, 5.41) is 0. The number of benzene rings is 3. The number of esters is 1. The summed E-state index contributed by atoms with van der Waals surface area (Å²) in [4.78, 5) is 12.0. The van der Waals surface area contributed by atoms with Crippen LogP contribution in [0.25, 0.3) is 11.1 Å². The van der Waals surface area contributed by atoms with Gasteiger partial charge >= 0.3 is 5.97 Å². The van der Waals surface area contributed by atoms with E-state index >= 15 is 0 Å². The highest BCUT2D eigenvalue weighted by Gasteiger charge is 2.25. The lowest BCUT2D eigenvalue weighted by atomic mass is 10.1. The number of aryl methyl sites for hydroxylation is 1. The maximum Gasteiger partial charge on any atom is 0.338 e. The first-order valence-corrected chi connectivity index (χ1v) is 10.8. The first kappa shape index (κ1) is 21.5. The van der Waals surface area contributed by atoms with Crippen LogP contribution in [-0.2, 0) is 14.8 Å². The number of carbonyl (C=O) groups excluding carboxylic acids is 1. The monoisotopic (exact) mass is 427 g/mol. The molecule has 0 N–H and O–H groups in total. The molecule has 0 aromatic heterocycles. The molecule has 0 aliphatic heterocycles. The van der Waals surface area contributed by atoms with E-state index in [0.29, 0.717) is 16.8 Å². The average Bonchev–Trinajstić information content (AvgIpc) is 2.74. The third kappa shape index (κ3) is 4.21.